The molecule has 2 N–H and O–H groups in total. The molecule has 0 saturated heterocycles. The molecular formula is C10H15N3O3S. The van der Waals surface area contributed by atoms with Gasteiger partial charge in [-0.25, -0.2) is 14.6 Å². The Morgan fingerprint density at radius 2 is 2.29 bits per heavy atom. The van der Waals surface area contributed by atoms with Crippen molar-refractivity contribution in [1.82, 2.24) is 15.2 Å². The van der Waals surface area contributed by atoms with Crippen LogP contribution in [0.25, 0.3) is 0 Å². The second-order valence-electron chi connectivity index (χ2n) is 3.65. The van der Waals surface area contributed by atoms with Crippen molar-refractivity contribution in [1.29, 1.82) is 0 Å². The molecule has 0 bridgehead atoms. The van der Waals surface area contributed by atoms with Crippen molar-refractivity contribution in [2.45, 2.75) is 26.4 Å². The Balaban J connectivity index is 2.47. The lowest BCUT2D eigenvalue weighted by molar-refractivity contribution is -0.141. The van der Waals surface area contributed by atoms with Crippen LogP contribution < -0.4 is 5.32 Å². The van der Waals surface area contributed by atoms with E-state index in [9.17, 15) is 9.59 Å². The van der Waals surface area contributed by atoms with Crippen molar-refractivity contribution in [3.8, 4) is 0 Å². The minimum absolute atomic E-state index is 0.314. The number of urea groups is 1. The van der Waals surface area contributed by atoms with Gasteiger partial charge in [-0.2, -0.15) is 0 Å². The normalized spacial score (nSPS) is 11.9. The topological polar surface area (TPSA) is 82.5 Å². The molecular weight excluding hydrogens is 242 g/mol. The van der Waals surface area contributed by atoms with E-state index in [0.29, 0.717) is 6.54 Å². The van der Waals surface area contributed by atoms with Gasteiger partial charge in [-0.1, -0.05) is 0 Å². The highest BCUT2D eigenvalue weighted by Crippen LogP contribution is 2.10. The summed E-state index contributed by atoms with van der Waals surface area (Å²) in [5.74, 6) is -1.03. The highest BCUT2D eigenvalue weighted by Gasteiger charge is 2.21. The molecule has 0 aliphatic carbocycles. The Morgan fingerprint density at radius 1 is 1.65 bits per heavy atom. The third-order valence-electron chi connectivity index (χ3n) is 2.32. The summed E-state index contributed by atoms with van der Waals surface area (Å²) in [6.45, 7) is 3.70. The van der Waals surface area contributed by atoms with Crippen molar-refractivity contribution in [3.05, 3.63) is 16.1 Å². The van der Waals surface area contributed by atoms with E-state index in [1.54, 1.807) is 6.20 Å². The molecule has 0 saturated carbocycles. The van der Waals surface area contributed by atoms with Gasteiger partial charge in [0.15, 0.2) is 0 Å². The minimum Gasteiger partial charge on any atom is -0.480 e. The number of nitrogens with one attached hydrogen (secondary N) is 1. The first-order valence-corrected chi connectivity index (χ1v) is 5.88. The fourth-order valence-corrected chi connectivity index (χ4v) is 1.83. The van der Waals surface area contributed by atoms with Gasteiger partial charge in [0.25, 0.3) is 0 Å². The predicted molar refractivity (Wildman–Crippen MR) is 63.9 cm³/mol. The Morgan fingerprint density at radius 3 is 2.76 bits per heavy atom. The van der Waals surface area contributed by atoms with E-state index < -0.39 is 18.0 Å². The quantitative estimate of drug-likeness (QED) is 0.845. The first-order valence-electron chi connectivity index (χ1n) is 5.06. The summed E-state index contributed by atoms with van der Waals surface area (Å²) in [6.07, 6.45) is 1.73. The molecule has 1 rings (SSSR count). The molecule has 2 amide bonds. The fourth-order valence-electron chi connectivity index (χ4n) is 1.10. The van der Waals surface area contributed by atoms with Crippen LogP contribution in [-0.4, -0.2) is 40.1 Å². The maximum absolute atomic E-state index is 11.6. The van der Waals surface area contributed by atoms with Crippen molar-refractivity contribution in [2.75, 3.05) is 7.05 Å². The van der Waals surface area contributed by atoms with E-state index in [1.165, 1.54) is 25.3 Å². The van der Waals surface area contributed by atoms with E-state index in [0.717, 1.165) is 14.8 Å². The van der Waals surface area contributed by atoms with E-state index in [1.807, 2.05) is 6.92 Å². The molecule has 0 aliphatic heterocycles. The third kappa shape index (κ3) is 3.70. The molecule has 1 aromatic rings. The van der Waals surface area contributed by atoms with Gasteiger partial charge in [0.2, 0.25) is 0 Å². The van der Waals surface area contributed by atoms with Gasteiger partial charge >= 0.3 is 12.0 Å². The van der Waals surface area contributed by atoms with Gasteiger partial charge in [0.05, 0.1) is 6.54 Å². The van der Waals surface area contributed by atoms with Gasteiger partial charge in [0.1, 0.15) is 11.0 Å². The SMILES string of the molecule is Cc1cnc(CNC(=O)N(C)C(C)C(=O)O)s1. The molecule has 7 heteroatoms. The Kier molecular flexibility index (Phi) is 4.45. The lowest BCUT2D eigenvalue weighted by atomic mass is 10.3. The van der Waals surface area contributed by atoms with Gasteiger partial charge in [0, 0.05) is 18.1 Å². The van der Waals surface area contributed by atoms with Crippen LogP contribution in [0.3, 0.4) is 0 Å². The highest BCUT2D eigenvalue weighted by molar-refractivity contribution is 7.11. The number of hydrogen-bond donors (Lipinski definition) is 2. The standard InChI is InChI=1S/C10H15N3O3S/c1-6-4-11-8(17-6)5-12-10(16)13(3)7(2)9(14)15/h4,7H,5H2,1-3H3,(H,12,16)(H,14,15). The number of carbonyl (C=O) groups excluding carboxylic acids is 1. The number of aromatic nitrogens is 1. The zero-order valence-corrected chi connectivity index (χ0v) is 10.7. The Hall–Kier alpha value is -1.63. The van der Waals surface area contributed by atoms with Gasteiger partial charge in [-0.05, 0) is 13.8 Å². The number of carboxylic acids is 1. The van der Waals surface area contributed by atoms with E-state index in [-0.39, 0.29) is 0 Å². The number of nitrogens with zero attached hydrogens (tertiary/aromatic N) is 2. The number of hydrogen-bond acceptors (Lipinski definition) is 4. The van der Waals surface area contributed by atoms with Crippen molar-refractivity contribution in [2.24, 2.45) is 0 Å². The van der Waals surface area contributed by atoms with E-state index >= 15 is 0 Å². The van der Waals surface area contributed by atoms with Gasteiger partial charge < -0.3 is 15.3 Å². The zero-order chi connectivity index (χ0) is 13.0. The number of carbonyl (C=O) groups is 2. The molecule has 6 nitrogen and oxygen atoms in total. The summed E-state index contributed by atoms with van der Waals surface area (Å²) < 4.78 is 0. The fraction of sp³-hybridized carbons (Fsp3) is 0.500. The van der Waals surface area contributed by atoms with E-state index in [4.69, 9.17) is 5.11 Å². The number of aryl methyl sites for hydroxylation is 1. The molecule has 94 valence electrons. The van der Waals surface area contributed by atoms with Crippen LogP contribution in [0.1, 0.15) is 16.8 Å². The number of aliphatic carboxylic acids is 1. The minimum atomic E-state index is -1.03. The molecule has 0 aliphatic rings. The van der Waals surface area contributed by atoms with Crippen LogP contribution in [-0.2, 0) is 11.3 Å². The highest BCUT2D eigenvalue weighted by atomic mass is 32.1. The molecule has 0 spiro atoms. The molecule has 1 unspecified atom stereocenters. The summed E-state index contributed by atoms with van der Waals surface area (Å²) >= 11 is 1.50. The monoisotopic (exact) mass is 257 g/mol. The third-order valence-corrected chi connectivity index (χ3v) is 3.23. The summed E-state index contributed by atoms with van der Waals surface area (Å²) in [4.78, 5) is 28.6. The predicted octanol–water partition coefficient (Wildman–Crippen LogP) is 1.07. The maximum atomic E-state index is 11.6. The van der Waals surface area contributed by atoms with Crippen LogP contribution >= 0.6 is 11.3 Å². The largest absolute Gasteiger partial charge is 0.480 e. The van der Waals surface area contributed by atoms with Gasteiger partial charge in [-0.15, -0.1) is 11.3 Å². The van der Waals surface area contributed by atoms with Crippen LogP contribution in [0.15, 0.2) is 6.20 Å². The number of carboxylic acid groups (broad SMARTS) is 1. The average molecular weight is 257 g/mol. The zero-order valence-electron chi connectivity index (χ0n) is 9.93. The number of thiazole rings is 1. The van der Waals surface area contributed by atoms with Crippen LogP contribution in [0.4, 0.5) is 4.79 Å². The van der Waals surface area contributed by atoms with Crippen molar-refractivity contribution < 1.29 is 14.7 Å². The Labute approximate surface area is 103 Å². The number of rotatable bonds is 4. The number of likely N-dealkylation sites (N-methyl/N-ethyl adjacent to an activating group) is 1. The smallest absolute Gasteiger partial charge is 0.326 e. The molecule has 0 radical (unpaired) electrons. The maximum Gasteiger partial charge on any atom is 0.326 e. The molecule has 17 heavy (non-hydrogen) atoms. The van der Waals surface area contributed by atoms with Gasteiger partial charge in [-0.3, -0.25) is 0 Å². The van der Waals surface area contributed by atoms with E-state index in [2.05, 4.69) is 10.3 Å². The average Bonchev–Trinajstić information content (AvgIpc) is 2.69. The second kappa shape index (κ2) is 5.62. The summed E-state index contributed by atoms with van der Waals surface area (Å²) in [7, 11) is 1.45. The summed E-state index contributed by atoms with van der Waals surface area (Å²) in [5, 5.41) is 12.2. The summed E-state index contributed by atoms with van der Waals surface area (Å²) in [5.41, 5.74) is 0. The van der Waals surface area contributed by atoms with Crippen LogP contribution in [0, 0.1) is 6.92 Å². The number of amides is 2. The first kappa shape index (κ1) is 13.4. The Bertz CT molecular complexity index is 419. The lowest BCUT2D eigenvalue weighted by Gasteiger charge is -2.21. The molecule has 0 fully saturated rings. The second-order valence-corrected chi connectivity index (χ2v) is 4.97. The molecule has 1 heterocycles. The van der Waals surface area contributed by atoms with Crippen LogP contribution in [0.5, 0.6) is 0 Å². The van der Waals surface area contributed by atoms with Crippen molar-refractivity contribution >= 4 is 23.3 Å². The summed E-state index contributed by atoms with van der Waals surface area (Å²) in [6, 6.07) is -1.28. The van der Waals surface area contributed by atoms with Crippen LogP contribution in [0.2, 0.25) is 0 Å². The van der Waals surface area contributed by atoms with Crippen molar-refractivity contribution in [3.63, 3.8) is 0 Å². The first-order chi connectivity index (χ1) is 7.91. The lowest BCUT2D eigenvalue weighted by Crippen LogP contribution is -2.45. The molecule has 1 atom stereocenters. The molecule has 0 aromatic carbocycles. The molecule has 1 aromatic heterocycles.